The van der Waals surface area contributed by atoms with Gasteiger partial charge in [-0.1, -0.05) is 12.1 Å². The summed E-state index contributed by atoms with van der Waals surface area (Å²) in [4.78, 5) is 23.6. The molecule has 1 aromatic rings. The van der Waals surface area contributed by atoms with E-state index in [1.807, 2.05) is 0 Å². The summed E-state index contributed by atoms with van der Waals surface area (Å²) in [5.41, 5.74) is 0.479. The Morgan fingerprint density at radius 2 is 2.00 bits per heavy atom. The van der Waals surface area contributed by atoms with Crippen molar-refractivity contribution in [2.45, 2.75) is 6.42 Å². The molecule has 7 nitrogen and oxygen atoms in total. The van der Waals surface area contributed by atoms with Crippen LogP contribution >= 0.6 is 0 Å². The number of nitro benzene ring substituents is 1. The lowest BCUT2D eigenvalue weighted by Crippen LogP contribution is -2.30. The van der Waals surface area contributed by atoms with E-state index in [0.29, 0.717) is 25.4 Å². The highest BCUT2D eigenvalue weighted by Gasteiger charge is 2.19. The van der Waals surface area contributed by atoms with Gasteiger partial charge in [-0.15, -0.1) is 0 Å². The SMILES string of the molecule is COCCN(CCC(=O)OC)c1ccccc1[N+](=O)[O-]. The van der Waals surface area contributed by atoms with E-state index in [1.54, 1.807) is 30.2 Å². The van der Waals surface area contributed by atoms with Crippen LogP contribution in [0.25, 0.3) is 0 Å². The van der Waals surface area contributed by atoms with Gasteiger partial charge in [-0.2, -0.15) is 0 Å². The molecule has 1 aromatic carbocycles. The van der Waals surface area contributed by atoms with Crippen LogP contribution < -0.4 is 4.90 Å². The Morgan fingerprint density at radius 3 is 2.60 bits per heavy atom. The Labute approximate surface area is 117 Å². The third-order valence-corrected chi connectivity index (χ3v) is 2.80. The number of para-hydroxylation sites is 2. The minimum absolute atomic E-state index is 0.00784. The molecule has 1 rings (SSSR count). The van der Waals surface area contributed by atoms with Crippen molar-refractivity contribution in [3.05, 3.63) is 34.4 Å². The summed E-state index contributed by atoms with van der Waals surface area (Å²) in [7, 11) is 2.87. The van der Waals surface area contributed by atoms with E-state index in [2.05, 4.69) is 4.74 Å². The number of nitro groups is 1. The zero-order valence-electron chi connectivity index (χ0n) is 11.6. The third kappa shape index (κ3) is 4.51. The van der Waals surface area contributed by atoms with Crippen molar-refractivity contribution in [3.63, 3.8) is 0 Å². The van der Waals surface area contributed by atoms with Gasteiger partial charge in [0.1, 0.15) is 5.69 Å². The summed E-state index contributed by atoms with van der Waals surface area (Å²) in [6.45, 7) is 1.20. The van der Waals surface area contributed by atoms with Crippen LogP contribution in [-0.4, -0.2) is 44.8 Å². The molecule has 7 heteroatoms. The van der Waals surface area contributed by atoms with Crippen LogP contribution in [0, 0.1) is 10.1 Å². The molecule has 0 radical (unpaired) electrons. The van der Waals surface area contributed by atoms with E-state index in [9.17, 15) is 14.9 Å². The van der Waals surface area contributed by atoms with Gasteiger partial charge in [-0.05, 0) is 6.07 Å². The lowest BCUT2D eigenvalue weighted by molar-refractivity contribution is -0.384. The van der Waals surface area contributed by atoms with Gasteiger partial charge in [-0.3, -0.25) is 14.9 Å². The number of anilines is 1. The molecule has 0 N–H and O–H groups in total. The molecule has 0 aliphatic rings. The number of hydrogen-bond donors (Lipinski definition) is 0. The molecule has 110 valence electrons. The molecule has 0 saturated heterocycles. The van der Waals surface area contributed by atoms with Crippen molar-refractivity contribution < 1.29 is 19.2 Å². The Kier molecular flexibility index (Phi) is 6.45. The second-order valence-corrected chi connectivity index (χ2v) is 4.05. The van der Waals surface area contributed by atoms with Crippen LogP contribution in [0.15, 0.2) is 24.3 Å². The number of hydrogen-bond acceptors (Lipinski definition) is 6. The monoisotopic (exact) mass is 282 g/mol. The minimum atomic E-state index is -0.437. The van der Waals surface area contributed by atoms with E-state index in [1.165, 1.54) is 13.2 Å². The van der Waals surface area contributed by atoms with Crippen molar-refractivity contribution >= 4 is 17.3 Å². The maximum absolute atomic E-state index is 11.2. The molecular weight excluding hydrogens is 264 g/mol. The predicted molar refractivity (Wildman–Crippen MR) is 73.8 cm³/mol. The first-order valence-corrected chi connectivity index (χ1v) is 6.14. The average Bonchev–Trinajstić information content (AvgIpc) is 2.47. The summed E-state index contributed by atoms with van der Waals surface area (Å²) >= 11 is 0. The number of esters is 1. The number of methoxy groups -OCH3 is 2. The van der Waals surface area contributed by atoms with Crippen LogP contribution in [0.1, 0.15) is 6.42 Å². The Bertz CT molecular complexity index is 464. The Balaban J connectivity index is 2.91. The van der Waals surface area contributed by atoms with Crippen molar-refractivity contribution in [3.8, 4) is 0 Å². The normalized spacial score (nSPS) is 10.1. The van der Waals surface area contributed by atoms with Crippen LogP contribution in [0.5, 0.6) is 0 Å². The van der Waals surface area contributed by atoms with Gasteiger partial charge in [0.15, 0.2) is 0 Å². The molecule has 20 heavy (non-hydrogen) atoms. The van der Waals surface area contributed by atoms with Crippen LogP contribution in [0.2, 0.25) is 0 Å². The maximum Gasteiger partial charge on any atom is 0.307 e. The molecule has 0 aromatic heterocycles. The first kappa shape index (κ1) is 15.9. The van der Waals surface area contributed by atoms with E-state index in [-0.39, 0.29) is 18.1 Å². The van der Waals surface area contributed by atoms with Gasteiger partial charge < -0.3 is 14.4 Å². The first-order valence-electron chi connectivity index (χ1n) is 6.14. The predicted octanol–water partition coefficient (Wildman–Crippen LogP) is 1.61. The number of rotatable bonds is 8. The molecule has 0 unspecified atom stereocenters. The van der Waals surface area contributed by atoms with E-state index < -0.39 is 4.92 Å². The Hall–Kier alpha value is -2.15. The molecule has 0 aliphatic carbocycles. The summed E-state index contributed by atoms with van der Waals surface area (Å²) in [5, 5.41) is 11.1. The van der Waals surface area contributed by atoms with Crippen LogP contribution in [0.4, 0.5) is 11.4 Å². The zero-order chi connectivity index (χ0) is 15.0. The second-order valence-electron chi connectivity index (χ2n) is 4.05. The van der Waals surface area contributed by atoms with Gasteiger partial charge in [0.2, 0.25) is 0 Å². The van der Waals surface area contributed by atoms with Gasteiger partial charge in [0, 0.05) is 26.3 Å². The highest BCUT2D eigenvalue weighted by molar-refractivity contribution is 5.71. The summed E-state index contributed by atoms with van der Waals surface area (Å²) in [5.74, 6) is -0.356. The fraction of sp³-hybridized carbons (Fsp3) is 0.462. The first-order chi connectivity index (χ1) is 9.60. The summed E-state index contributed by atoms with van der Waals surface area (Å²) in [6.07, 6.45) is 0.159. The molecule has 0 amide bonds. The molecule has 0 fully saturated rings. The fourth-order valence-electron chi connectivity index (χ4n) is 1.77. The van der Waals surface area contributed by atoms with E-state index in [4.69, 9.17) is 4.74 Å². The quantitative estimate of drug-likeness (QED) is 0.409. The molecule has 0 bridgehead atoms. The van der Waals surface area contributed by atoms with E-state index >= 15 is 0 Å². The largest absolute Gasteiger partial charge is 0.469 e. The fourth-order valence-corrected chi connectivity index (χ4v) is 1.77. The molecule has 0 spiro atoms. The van der Waals surface area contributed by atoms with E-state index in [0.717, 1.165) is 0 Å². The second kappa shape index (κ2) is 8.11. The van der Waals surface area contributed by atoms with Gasteiger partial charge in [0.05, 0.1) is 25.1 Å². The maximum atomic E-state index is 11.2. The van der Waals surface area contributed by atoms with Gasteiger partial charge in [0.25, 0.3) is 5.69 Å². The summed E-state index contributed by atoms with van der Waals surface area (Å²) < 4.78 is 9.59. The van der Waals surface area contributed by atoms with Gasteiger partial charge >= 0.3 is 5.97 Å². The molecular formula is C13H18N2O5. The third-order valence-electron chi connectivity index (χ3n) is 2.80. The number of carbonyl (C=O) groups excluding carboxylic acids is 1. The van der Waals surface area contributed by atoms with Crippen molar-refractivity contribution in [2.75, 3.05) is 38.8 Å². The Morgan fingerprint density at radius 1 is 1.30 bits per heavy atom. The average molecular weight is 282 g/mol. The lowest BCUT2D eigenvalue weighted by atomic mass is 10.2. The van der Waals surface area contributed by atoms with Crippen molar-refractivity contribution in [1.29, 1.82) is 0 Å². The minimum Gasteiger partial charge on any atom is -0.469 e. The van der Waals surface area contributed by atoms with Crippen LogP contribution in [0.3, 0.4) is 0 Å². The molecule has 0 atom stereocenters. The zero-order valence-corrected chi connectivity index (χ0v) is 11.6. The summed E-state index contributed by atoms with van der Waals surface area (Å²) in [6, 6.07) is 6.43. The number of ether oxygens (including phenoxy) is 2. The number of benzene rings is 1. The molecule has 0 aliphatic heterocycles. The molecule has 0 heterocycles. The highest BCUT2D eigenvalue weighted by atomic mass is 16.6. The van der Waals surface area contributed by atoms with Gasteiger partial charge in [-0.25, -0.2) is 0 Å². The topological polar surface area (TPSA) is 81.9 Å². The number of nitrogens with zero attached hydrogens (tertiary/aromatic N) is 2. The molecule has 0 saturated carbocycles. The van der Waals surface area contributed by atoms with Crippen molar-refractivity contribution in [2.24, 2.45) is 0 Å². The standard InChI is InChI=1S/C13H18N2O5/c1-19-10-9-14(8-7-13(16)20-2)11-5-3-4-6-12(11)15(17)18/h3-6H,7-10H2,1-2H3. The van der Waals surface area contributed by atoms with Crippen LogP contribution in [-0.2, 0) is 14.3 Å². The smallest absolute Gasteiger partial charge is 0.307 e. The lowest BCUT2D eigenvalue weighted by Gasteiger charge is -2.23. The number of carbonyl (C=O) groups is 1. The van der Waals surface area contributed by atoms with Crippen molar-refractivity contribution in [1.82, 2.24) is 0 Å². The highest BCUT2D eigenvalue weighted by Crippen LogP contribution is 2.27.